The maximum atomic E-state index is 12.1. The Morgan fingerprint density at radius 3 is 2.73 bits per heavy atom. The Morgan fingerprint density at radius 2 is 2.00 bits per heavy atom. The molecule has 1 heterocycles. The SMILES string of the molecule is CC1(N)C=Cc2cc(CNC(=O)NCCCN=C(N)N)c(=O)oc2C=C1. The monoisotopic (exact) mass is 360 g/mol. The van der Waals surface area contributed by atoms with Crippen molar-refractivity contribution in [2.45, 2.75) is 25.4 Å². The molecule has 0 radical (unpaired) electrons. The molecule has 1 unspecified atom stereocenters. The van der Waals surface area contributed by atoms with E-state index in [1.54, 1.807) is 24.3 Å². The van der Waals surface area contributed by atoms with Crippen molar-refractivity contribution in [3.8, 4) is 0 Å². The fourth-order valence-electron chi connectivity index (χ4n) is 2.23. The second-order valence-corrected chi connectivity index (χ2v) is 6.18. The molecule has 2 amide bonds. The smallest absolute Gasteiger partial charge is 0.341 e. The number of rotatable bonds is 6. The predicted molar refractivity (Wildman–Crippen MR) is 101 cm³/mol. The molecule has 0 fully saturated rings. The molecule has 0 bridgehead atoms. The van der Waals surface area contributed by atoms with Crippen molar-refractivity contribution < 1.29 is 9.21 Å². The number of aliphatic imine (C=N–C) groups is 1. The molecule has 9 nitrogen and oxygen atoms in total. The number of fused-ring (bicyclic) bond motifs is 1. The van der Waals surface area contributed by atoms with Crippen LogP contribution < -0.4 is 33.5 Å². The zero-order valence-corrected chi connectivity index (χ0v) is 14.6. The van der Waals surface area contributed by atoms with Crippen molar-refractivity contribution in [3.05, 3.63) is 45.5 Å². The number of nitrogens with one attached hydrogen (secondary N) is 2. The van der Waals surface area contributed by atoms with Gasteiger partial charge in [0.25, 0.3) is 0 Å². The summed E-state index contributed by atoms with van der Waals surface area (Å²) in [6, 6.07) is 1.29. The number of guanidine groups is 1. The van der Waals surface area contributed by atoms with Crippen LogP contribution in [0.25, 0.3) is 12.2 Å². The molecule has 0 aliphatic heterocycles. The molecule has 1 atom stereocenters. The van der Waals surface area contributed by atoms with Crippen LogP contribution in [0.4, 0.5) is 4.79 Å². The average Bonchev–Trinajstić information content (AvgIpc) is 2.71. The molecular weight excluding hydrogens is 336 g/mol. The first-order valence-corrected chi connectivity index (χ1v) is 8.18. The summed E-state index contributed by atoms with van der Waals surface area (Å²) in [6.07, 6.45) is 7.64. The lowest BCUT2D eigenvalue weighted by molar-refractivity contribution is 0.240. The van der Waals surface area contributed by atoms with Crippen LogP contribution in [-0.4, -0.2) is 30.6 Å². The largest absolute Gasteiger partial charge is 0.422 e. The molecule has 0 spiro atoms. The van der Waals surface area contributed by atoms with Gasteiger partial charge in [-0.15, -0.1) is 0 Å². The lowest BCUT2D eigenvalue weighted by Crippen LogP contribution is -2.36. The summed E-state index contributed by atoms with van der Waals surface area (Å²) in [5.41, 5.74) is 16.4. The van der Waals surface area contributed by atoms with Gasteiger partial charge in [0.15, 0.2) is 5.96 Å². The van der Waals surface area contributed by atoms with Gasteiger partial charge in [0.2, 0.25) is 0 Å². The number of nitrogens with zero attached hydrogens (tertiary/aromatic N) is 1. The zero-order chi connectivity index (χ0) is 19.2. The van der Waals surface area contributed by atoms with Gasteiger partial charge in [-0.25, -0.2) is 9.59 Å². The fourth-order valence-corrected chi connectivity index (χ4v) is 2.23. The zero-order valence-electron chi connectivity index (χ0n) is 14.6. The molecule has 140 valence electrons. The van der Waals surface area contributed by atoms with Crippen LogP contribution >= 0.6 is 0 Å². The van der Waals surface area contributed by atoms with Crippen LogP contribution in [0, 0.1) is 0 Å². The second-order valence-electron chi connectivity index (χ2n) is 6.18. The van der Waals surface area contributed by atoms with Gasteiger partial charge in [-0.3, -0.25) is 4.99 Å². The summed E-state index contributed by atoms with van der Waals surface area (Å²) in [5, 5.41) is 5.27. The van der Waals surface area contributed by atoms with Crippen LogP contribution in [0.2, 0.25) is 0 Å². The molecule has 1 aliphatic carbocycles. The lowest BCUT2D eigenvalue weighted by atomic mass is 10.0. The number of hydrogen-bond donors (Lipinski definition) is 5. The predicted octanol–water partition coefficient (Wildman–Crippen LogP) is -0.140. The van der Waals surface area contributed by atoms with Crippen molar-refractivity contribution >= 4 is 24.1 Å². The minimum atomic E-state index is -0.617. The van der Waals surface area contributed by atoms with E-state index in [4.69, 9.17) is 21.6 Å². The van der Waals surface area contributed by atoms with Gasteiger partial charge in [-0.1, -0.05) is 18.2 Å². The highest BCUT2D eigenvalue weighted by Gasteiger charge is 2.16. The molecule has 8 N–H and O–H groups in total. The van der Waals surface area contributed by atoms with Gasteiger partial charge in [0, 0.05) is 18.7 Å². The van der Waals surface area contributed by atoms with Crippen molar-refractivity contribution in [3.63, 3.8) is 0 Å². The Kier molecular flexibility index (Phi) is 6.18. The molecule has 0 aromatic carbocycles. The van der Waals surface area contributed by atoms with Crippen LogP contribution in [-0.2, 0) is 6.54 Å². The van der Waals surface area contributed by atoms with E-state index < -0.39 is 17.2 Å². The van der Waals surface area contributed by atoms with E-state index in [0.29, 0.717) is 30.8 Å². The minimum absolute atomic E-state index is 0.0169. The topological polar surface area (TPSA) is 162 Å². The number of carbonyl (C=O) groups is 1. The van der Waals surface area contributed by atoms with E-state index in [1.807, 2.05) is 13.0 Å². The van der Waals surface area contributed by atoms with E-state index in [9.17, 15) is 9.59 Å². The Bertz CT molecular complexity index is 803. The van der Waals surface area contributed by atoms with E-state index in [0.717, 1.165) is 5.56 Å². The number of carbonyl (C=O) groups excluding carboxylic acids is 1. The Hall–Kier alpha value is -3.07. The first kappa shape index (κ1) is 19.3. The van der Waals surface area contributed by atoms with Crippen molar-refractivity contribution in [1.82, 2.24) is 10.6 Å². The normalized spacial score (nSPS) is 17.9. The molecule has 9 heteroatoms. The van der Waals surface area contributed by atoms with E-state index in [1.165, 1.54) is 0 Å². The summed E-state index contributed by atoms with van der Waals surface area (Å²) in [4.78, 5) is 27.7. The molecule has 26 heavy (non-hydrogen) atoms. The number of urea groups is 1. The maximum absolute atomic E-state index is 12.1. The van der Waals surface area contributed by atoms with Gasteiger partial charge in [-0.05, 0) is 25.5 Å². The first-order chi connectivity index (χ1) is 12.3. The molecule has 0 saturated carbocycles. The van der Waals surface area contributed by atoms with Gasteiger partial charge in [-0.2, -0.15) is 0 Å². The first-order valence-electron chi connectivity index (χ1n) is 8.18. The second kappa shape index (κ2) is 8.34. The Labute approximate surface area is 151 Å². The summed E-state index contributed by atoms with van der Waals surface area (Å²) in [6.45, 7) is 2.72. The third-order valence-electron chi connectivity index (χ3n) is 3.65. The van der Waals surface area contributed by atoms with E-state index in [2.05, 4.69) is 15.6 Å². The molecule has 1 aromatic heterocycles. The van der Waals surface area contributed by atoms with Gasteiger partial charge < -0.3 is 32.3 Å². The third-order valence-corrected chi connectivity index (χ3v) is 3.65. The Balaban J connectivity index is 1.92. The fraction of sp³-hybridized carbons (Fsp3) is 0.353. The molecular formula is C17H24N6O3. The summed E-state index contributed by atoms with van der Waals surface area (Å²) in [7, 11) is 0. The lowest BCUT2D eigenvalue weighted by Gasteiger charge is -2.12. The van der Waals surface area contributed by atoms with Crippen LogP contribution in [0.1, 0.15) is 30.2 Å². The highest BCUT2D eigenvalue weighted by atomic mass is 16.4. The standard InChI is InChI=1S/C17H24N6O3/c1-17(20)5-3-11-9-12(14(24)26-13(11)4-6-17)10-23-16(25)22-8-2-7-21-15(18)19/h3-6,9H,2,7-8,10,20H2,1H3,(H4,18,19,21)(H2,22,23,25). The molecule has 2 rings (SSSR count). The molecule has 0 saturated heterocycles. The Morgan fingerprint density at radius 1 is 1.27 bits per heavy atom. The van der Waals surface area contributed by atoms with Crippen LogP contribution in [0.5, 0.6) is 0 Å². The highest BCUT2D eigenvalue weighted by molar-refractivity contribution is 5.75. The maximum Gasteiger partial charge on any atom is 0.341 e. The highest BCUT2D eigenvalue weighted by Crippen LogP contribution is 2.20. The summed E-state index contributed by atoms with van der Waals surface area (Å²) >= 11 is 0. The summed E-state index contributed by atoms with van der Waals surface area (Å²) in [5.74, 6) is 0.455. The van der Waals surface area contributed by atoms with Crippen molar-refractivity contribution in [2.75, 3.05) is 13.1 Å². The number of nitrogens with two attached hydrogens (primary N) is 3. The number of hydrogen-bond acceptors (Lipinski definition) is 5. The van der Waals surface area contributed by atoms with Gasteiger partial charge in [0.05, 0.1) is 17.6 Å². The number of amides is 2. The molecule has 1 aromatic rings. The van der Waals surface area contributed by atoms with Crippen LogP contribution in [0.15, 0.2) is 32.4 Å². The van der Waals surface area contributed by atoms with Crippen LogP contribution in [0.3, 0.4) is 0 Å². The molecule has 1 aliphatic rings. The van der Waals surface area contributed by atoms with E-state index in [-0.39, 0.29) is 12.5 Å². The third kappa shape index (κ3) is 5.78. The van der Waals surface area contributed by atoms with Gasteiger partial charge in [0.1, 0.15) is 5.76 Å². The van der Waals surface area contributed by atoms with Gasteiger partial charge >= 0.3 is 11.7 Å². The van der Waals surface area contributed by atoms with E-state index >= 15 is 0 Å². The van der Waals surface area contributed by atoms with Crippen molar-refractivity contribution in [1.29, 1.82) is 0 Å². The summed E-state index contributed by atoms with van der Waals surface area (Å²) < 4.78 is 5.31. The minimum Gasteiger partial charge on any atom is -0.422 e. The quantitative estimate of drug-likeness (QED) is 0.269. The van der Waals surface area contributed by atoms with Crippen molar-refractivity contribution in [2.24, 2.45) is 22.2 Å². The average molecular weight is 360 g/mol.